The number of nitrogens with two attached hydrogens (primary N) is 1. The minimum Gasteiger partial charge on any atom is -0.381 e. The summed E-state index contributed by atoms with van der Waals surface area (Å²) in [6, 6.07) is 13.3. The highest BCUT2D eigenvalue weighted by Gasteiger charge is 2.09. The molecule has 110 valence electrons. The highest BCUT2D eigenvalue weighted by molar-refractivity contribution is 5.53. The summed E-state index contributed by atoms with van der Waals surface area (Å²) in [7, 11) is 0. The maximum atomic E-state index is 10.8. The molecular weight excluding hydrogens is 266 g/mol. The van der Waals surface area contributed by atoms with Crippen molar-refractivity contribution in [1.29, 1.82) is 0 Å². The van der Waals surface area contributed by atoms with Crippen molar-refractivity contribution >= 4 is 11.4 Å². The average molecular weight is 285 g/mol. The molecule has 0 aliphatic heterocycles. The molecule has 3 N–H and O–H groups in total. The summed E-state index contributed by atoms with van der Waals surface area (Å²) in [4.78, 5) is 10.4. The third-order valence-electron chi connectivity index (χ3n) is 3.35. The van der Waals surface area contributed by atoms with Crippen molar-refractivity contribution in [3.05, 3.63) is 69.3 Å². The number of nitro groups is 1. The molecule has 2 aromatic rings. The van der Waals surface area contributed by atoms with Crippen LogP contribution in [0.4, 0.5) is 11.4 Å². The molecule has 0 amide bonds. The number of nitro benzene ring substituents is 1. The molecule has 0 saturated carbocycles. The molecule has 0 heterocycles. The summed E-state index contributed by atoms with van der Waals surface area (Å²) in [5.74, 6) is 0. The molecule has 5 nitrogen and oxygen atoms in total. The van der Waals surface area contributed by atoms with Crippen molar-refractivity contribution in [2.45, 2.75) is 19.9 Å². The lowest BCUT2D eigenvalue weighted by atomic mass is 10.1. The molecule has 0 radical (unpaired) electrons. The van der Waals surface area contributed by atoms with Gasteiger partial charge in [-0.3, -0.25) is 10.1 Å². The van der Waals surface area contributed by atoms with E-state index in [9.17, 15) is 10.1 Å². The van der Waals surface area contributed by atoms with E-state index >= 15 is 0 Å². The number of benzene rings is 2. The standard InChI is InChI=1S/C16H19N3O2/c1-12-10-15(6-7-16(12)19(20)21)18-11-14-4-2-13(3-5-14)8-9-17/h2-7,10,18H,8-9,11,17H2,1H3. The predicted molar refractivity (Wildman–Crippen MR) is 84.4 cm³/mol. The molecule has 0 aliphatic carbocycles. The topological polar surface area (TPSA) is 81.2 Å². The molecule has 0 bridgehead atoms. The quantitative estimate of drug-likeness (QED) is 0.631. The van der Waals surface area contributed by atoms with Gasteiger partial charge in [0.1, 0.15) is 0 Å². The fourth-order valence-electron chi connectivity index (χ4n) is 2.16. The molecule has 0 aromatic heterocycles. The normalized spacial score (nSPS) is 10.4. The Labute approximate surface area is 123 Å². The van der Waals surface area contributed by atoms with Crippen LogP contribution in [0.25, 0.3) is 0 Å². The summed E-state index contributed by atoms with van der Waals surface area (Å²) in [6.45, 7) is 3.07. The van der Waals surface area contributed by atoms with Crippen molar-refractivity contribution in [3.63, 3.8) is 0 Å². The van der Waals surface area contributed by atoms with Crippen LogP contribution in [0.15, 0.2) is 42.5 Å². The third kappa shape index (κ3) is 4.03. The van der Waals surface area contributed by atoms with Crippen molar-refractivity contribution in [2.75, 3.05) is 11.9 Å². The Morgan fingerprint density at radius 1 is 1.14 bits per heavy atom. The van der Waals surface area contributed by atoms with Gasteiger partial charge in [0, 0.05) is 23.9 Å². The van der Waals surface area contributed by atoms with E-state index < -0.39 is 0 Å². The number of anilines is 1. The predicted octanol–water partition coefficient (Wildman–Crippen LogP) is 3.02. The summed E-state index contributed by atoms with van der Waals surface area (Å²) in [5.41, 5.74) is 9.59. The average Bonchev–Trinajstić information content (AvgIpc) is 2.46. The number of hydrogen-bond donors (Lipinski definition) is 2. The molecule has 0 saturated heterocycles. The Morgan fingerprint density at radius 3 is 2.38 bits per heavy atom. The minimum absolute atomic E-state index is 0.145. The van der Waals surface area contributed by atoms with Crippen LogP contribution in [-0.2, 0) is 13.0 Å². The van der Waals surface area contributed by atoms with Gasteiger partial charge >= 0.3 is 0 Å². The van der Waals surface area contributed by atoms with E-state index in [1.165, 1.54) is 11.6 Å². The largest absolute Gasteiger partial charge is 0.381 e. The summed E-state index contributed by atoms with van der Waals surface area (Å²) in [5, 5.41) is 14.0. The fourth-order valence-corrected chi connectivity index (χ4v) is 2.16. The first kappa shape index (κ1) is 15.0. The number of nitrogens with one attached hydrogen (secondary N) is 1. The van der Waals surface area contributed by atoms with E-state index in [1.54, 1.807) is 19.1 Å². The van der Waals surface area contributed by atoms with Gasteiger partial charge in [0.2, 0.25) is 0 Å². The lowest BCUT2D eigenvalue weighted by Gasteiger charge is -2.08. The molecule has 2 rings (SSSR count). The smallest absolute Gasteiger partial charge is 0.272 e. The van der Waals surface area contributed by atoms with E-state index in [0.29, 0.717) is 18.7 Å². The van der Waals surface area contributed by atoms with E-state index in [-0.39, 0.29) is 10.6 Å². The van der Waals surface area contributed by atoms with Gasteiger partial charge in [-0.2, -0.15) is 0 Å². The maximum Gasteiger partial charge on any atom is 0.272 e. The SMILES string of the molecule is Cc1cc(NCc2ccc(CCN)cc2)ccc1[N+](=O)[O-]. The second-order valence-corrected chi connectivity index (χ2v) is 4.97. The van der Waals surface area contributed by atoms with Crippen LogP contribution >= 0.6 is 0 Å². The van der Waals surface area contributed by atoms with Gasteiger partial charge in [0.15, 0.2) is 0 Å². The van der Waals surface area contributed by atoms with Crippen LogP contribution in [0.1, 0.15) is 16.7 Å². The van der Waals surface area contributed by atoms with Gasteiger partial charge in [-0.25, -0.2) is 0 Å². The molecule has 0 fully saturated rings. The summed E-state index contributed by atoms with van der Waals surface area (Å²) in [6.07, 6.45) is 0.884. The van der Waals surface area contributed by atoms with Crippen LogP contribution in [0.5, 0.6) is 0 Å². The zero-order valence-electron chi connectivity index (χ0n) is 12.0. The lowest BCUT2D eigenvalue weighted by Crippen LogP contribution is -2.03. The van der Waals surface area contributed by atoms with Gasteiger partial charge < -0.3 is 11.1 Å². The molecule has 21 heavy (non-hydrogen) atoms. The van der Waals surface area contributed by atoms with Gasteiger partial charge in [-0.15, -0.1) is 0 Å². The third-order valence-corrected chi connectivity index (χ3v) is 3.35. The van der Waals surface area contributed by atoms with Crippen molar-refractivity contribution in [2.24, 2.45) is 5.73 Å². The van der Waals surface area contributed by atoms with E-state index in [1.807, 2.05) is 0 Å². The molecule has 5 heteroatoms. The van der Waals surface area contributed by atoms with Crippen LogP contribution in [0.2, 0.25) is 0 Å². The molecule has 0 atom stereocenters. The molecule has 0 aliphatic rings. The van der Waals surface area contributed by atoms with Gasteiger partial charge in [-0.05, 0) is 43.1 Å². The Kier molecular flexibility index (Phi) is 4.90. The zero-order chi connectivity index (χ0) is 15.2. The number of nitrogens with zero attached hydrogens (tertiary/aromatic N) is 1. The molecule has 2 aromatic carbocycles. The highest BCUT2D eigenvalue weighted by atomic mass is 16.6. The Morgan fingerprint density at radius 2 is 1.81 bits per heavy atom. The minimum atomic E-state index is -0.366. The number of aryl methyl sites for hydroxylation is 1. The second kappa shape index (κ2) is 6.85. The van der Waals surface area contributed by atoms with Crippen molar-refractivity contribution in [1.82, 2.24) is 0 Å². The van der Waals surface area contributed by atoms with E-state index in [4.69, 9.17) is 5.73 Å². The Balaban J connectivity index is 1.99. The Hall–Kier alpha value is -2.40. The van der Waals surface area contributed by atoms with Gasteiger partial charge in [0.05, 0.1) is 4.92 Å². The van der Waals surface area contributed by atoms with Crippen molar-refractivity contribution < 1.29 is 4.92 Å². The Bertz CT molecular complexity index is 624. The lowest BCUT2D eigenvalue weighted by molar-refractivity contribution is -0.385. The molecule has 0 spiro atoms. The van der Waals surface area contributed by atoms with E-state index in [0.717, 1.165) is 17.7 Å². The first-order valence-electron chi connectivity index (χ1n) is 6.87. The number of rotatable bonds is 6. The van der Waals surface area contributed by atoms with Gasteiger partial charge in [-0.1, -0.05) is 24.3 Å². The first-order valence-corrected chi connectivity index (χ1v) is 6.87. The van der Waals surface area contributed by atoms with Crippen LogP contribution in [0.3, 0.4) is 0 Å². The maximum absolute atomic E-state index is 10.8. The number of hydrogen-bond acceptors (Lipinski definition) is 4. The second-order valence-electron chi connectivity index (χ2n) is 4.97. The monoisotopic (exact) mass is 285 g/mol. The zero-order valence-corrected chi connectivity index (χ0v) is 12.0. The van der Waals surface area contributed by atoms with Gasteiger partial charge in [0.25, 0.3) is 5.69 Å². The first-order chi connectivity index (χ1) is 10.1. The fraction of sp³-hybridized carbons (Fsp3) is 0.250. The summed E-state index contributed by atoms with van der Waals surface area (Å²) >= 11 is 0. The highest BCUT2D eigenvalue weighted by Crippen LogP contribution is 2.22. The van der Waals surface area contributed by atoms with E-state index in [2.05, 4.69) is 29.6 Å². The molecular formula is C16H19N3O2. The van der Waals surface area contributed by atoms with Crippen LogP contribution in [-0.4, -0.2) is 11.5 Å². The summed E-state index contributed by atoms with van der Waals surface area (Å²) < 4.78 is 0. The van der Waals surface area contributed by atoms with Crippen molar-refractivity contribution in [3.8, 4) is 0 Å². The molecule has 0 unspecified atom stereocenters. The van der Waals surface area contributed by atoms with Crippen LogP contribution in [0, 0.1) is 17.0 Å². The van der Waals surface area contributed by atoms with Crippen LogP contribution < -0.4 is 11.1 Å².